The number of aromatic nitrogens is 1. The highest BCUT2D eigenvalue weighted by Crippen LogP contribution is 2.29. The fraction of sp³-hybridized carbons (Fsp3) is 0.250. The fourth-order valence-electron chi connectivity index (χ4n) is 2.47. The first-order chi connectivity index (χ1) is 10.2. The van der Waals surface area contributed by atoms with Crippen molar-refractivity contribution in [3.63, 3.8) is 0 Å². The van der Waals surface area contributed by atoms with Crippen LogP contribution in [0.4, 0.5) is 0 Å². The minimum Gasteiger partial charge on any atom is -0.342 e. The van der Waals surface area contributed by atoms with Crippen molar-refractivity contribution in [3.8, 4) is 0 Å². The first-order valence-electron chi connectivity index (χ1n) is 6.89. The fourth-order valence-corrected chi connectivity index (χ4v) is 4.11. The van der Waals surface area contributed by atoms with Crippen molar-refractivity contribution in [2.24, 2.45) is 0 Å². The monoisotopic (exact) mass is 382 g/mol. The molecule has 2 heterocycles. The van der Waals surface area contributed by atoms with Crippen molar-refractivity contribution in [1.29, 1.82) is 0 Å². The second kappa shape index (κ2) is 6.53. The molecule has 5 heteroatoms. The van der Waals surface area contributed by atoms with Gasteiger partial charge in [-0.3, -0.25) is 0 Å². The maximum Gasteiger partial charge on any atom is 0.0580 e. The van der Waals surface area contributed by atoms with Gasteiger partial charge in [0.15, 0.2) is 0 Å². The Hall–Kier alpha value is -0.810. The lowest BCUT2D eigenvalue weighted by Crippen LogP contribution is -2.11. The summed E-state index contributed by atoms with van der Waals surface area (Å²) in [6, 6.07) is 8.22. The standard InChI is InChI=1S/C16H16BrClN2S/c1-2-19-8-11-9-20(10-16-14(17)5-6-21-16)15-7-12(18)3-4-13(11)15/h3-7,9,19H,2,8,10H2,1H3. The number of fused-ring (bicyclic) bond motifs is 1. The lowest BCUT2D eigenvalue weighted by Gasteiger charge is -2.04. The zero-order valence-corrected chi connectivity index (χ0v) is 14.9. The zero-order valence-electron chi connectivity index (χ0n) is 11.7. The molecular weight excluding hydrogens is 368 g/mol. The molecule has 0 aliphatic carbocycles. The molecule has 0 fully saturated rings. The molecular formula is C16H16BrClN2S. The molecule has 0 aliphatic heterocycles. The van der Waals surface area contributed by atoms with Crippen LogP contribution in [0, 0.1) is 0 Å². The van der Waals surface area contributed by atoms with Gasteiger partial charge in [0, 0.05) is 32.5 Å². The van der Waals surface area contributed by atoms with Gasteiger partial charge in [0.1, 0.15) is 0 Å². The van der Waals surface area contributed by atoms with Crippen LogP contribution in [0.3, 0.4) is 0 Å². The summed E-state index contributed by atoms with van der Waals surface area (Å²) in [6.45, 7) is 4.84. The van der Waals surface area contributed by atoms with E-state index < -0.39 is 0 Å². The Morgan fingerprint density at radius 1 is 1.33 bits per heavy atom. The van der Waals surface area contributed by atoms with Crippen molar-refractivity contribution in [2.45, 2.75) is 20.0 Å². The summed E-state index contributed by atoms with van der Waals surface area (Å²) >= 11 is 11.6. The quantitative estimate of drug-likeness (QED) is 0.634. The molecule has 2 aromatic heterocycles. The topological polar surface area (TPSA) is 17.0 Å². The minimum absolute atomic E-state index is 0.780. The molecule has 1 aromatic carbocycles. The number of hydrogen-bond donors (Lipinski definition) is 1. The van der Waals surface area contributed by atoms with Gasteiger partial charge in [0.05, 0.1) is 12.1 Å². The van der Waals surface area contributed by atoms with Crippen LogP contribution in [-0.2, 0) is 13.1 Å². The van der Waals surface area contributed by atoms with E-state index in [9.17, 15) is 0 Å². The van der Waals surface area contributed by atoms with Crippen LogP contribution < -0.4 is 5.32 Å². The largest absolute Gasteiger partial charge is 0.342 e. The first-order valence-corrected chi connectivity index (χ1v) is 8.94. The van der Waals surface area contributed by atoms with Crippen molar-refractivity contribution in [1.82, 2.24) is 9.88 Å². The summed E-state index contributed by atoms with van der Waals surface area (Å²) in [4.78, 5) is 1.32. The van der Waals surface area contributed by atoms with E-state index in [0.717, 1.165) is 24.7 Å². The summed E-state index contributed by atoms with van der Waals surface area (Å²) in [5.74, 6) is 0. The van der Waals surface area contributed by atoms with Crippen molar-refractivity contribution >= 4 is 49.8 Å². The van der Waals surface area contributed by atoms with Crippen molar-refractivity contribution < 1.29 is 0 Å². The first kappa shape index (κ1) is 15.1. The van der Waals surface area contributed by atoms with Crippen LogP contribution in [-0.4, -0.2) is 11.1 Å². The molecule has 0 aliphatic rings. The number of hydrogen-bond acceptors (Lipinski definition) is 2. The average molecular weight is 384 g/mol. The Morgan fingerprint density at radius 2 is 2.19 bits per heavy atom. The maximum atomic E-state index is 6.18. The number of rotatable bonds is 5. The van der Waals surface area contributed by atoms with Crippen LogP contribution in [0.5, 0.6) is 0 Å². The van der Waals surface area contributed by atoms with Crippen LogP contribution in [0.1, 0.15) is 17.4 Å². The van der Waals surface area contributed by atoms with Gasteiger partial charge in [-0.15, -0.1) is 11.3 Å². The number of thiophene rings is 1. The predicted octanol–water partition coefficient (Wildman–Crippen LogP) is 5.28. The van der Waals surface area contributed by atoms with Crippen LogP contribution in [0.25, 0.3) is 10.9 Å². The zero-order chi connectivity index (χ0) is 14.8. The highest BCUT2D eigenvalue weighted by molar-refractivity contribution is 9.10. The van der Waals surface area contributed by atoms with E-state index in [1.54, 1.807) is 11.3 Å². The van der Waals surface area contributed by atoms with E-state index >= 15 is 0 Å². The third-order valence-electron chi connectivity index (χ3n) is 3.50. The van der Waals surface area contributed by atoms with Gasteiger partial charge in [0.25, 0.3) is 0 Å². The van der Waals surface area contributed by atoms with Crippen molar-refractivity contribution in [3.05, 3.63) is 55.8 Å². The average Bonchev–Trinajstić information content (AvgIpc) is 3.02. The Bertz CT molecular complexity index is 763. The minimum atomic E-state index is 0.780. The molecule has 3 rings (SSSR count). The normalized spacial score (nSPS) is 11.4. The highest BCUT2D eigenvalue weighted by atomic mass is 79.9. The Kier molecular flexibility index (Phi) is 4.69. The SMILES string of the molecule is CCNCc1cn(Cc2sccc2Br)c2cc(Cl)ccc12. The maximum absolute atomic E-state index is 6.18. The van der Waals surface area contributed by atoms with Gasteiger partial charge < -0.3 is 9.88 Å². The summed E-state index contributed by atoms with van der Waals surface area (Å²) in [6.07, 6.45) is 2.23. The Labute approximate surface area is 141 Å². The summed E-state index contributed by atoms with van der Waals surface area (Å²) in [5, 5.41) is 7.56. The summed E-state index contributed by atoms with van der Waals surface area (Å²) in [5.41, 5.74) is 2.51. The summed E-state index contributed by atoms with van der Waals surface area (Å²) in [7, 11) is 0. The summed E-state index contributed by atoms with van der Waals surface area (Å²) < 4.78 is 3.45. The molecule has 3 aromatic rings. The lowest BCUT2D eigenvalue weighted by molar-refractivity contribution is 0.725. The van der Waals surface area contributed by atoms with Gasteiger partial charge in [-0.1, -0.05) is 24.6 Å². The van der Waals surface area contributed by atoms with E-state index in [1.165, 1.54) is 25.8 Å². The molecule has 110 valence electrons. The Morgan fingerprint density at radius 3 is 2.90 bits per heavy atom. The van der Waals surface area contributed by atoms with E-state index in [1.807, 2.05) is 12.1 Å². The lowest BCUT2D eigenvalue weighted by atomic mass is 10.2. The molecule has 2 nitrogen and oxygen atoms in total. The number of halogens is 2. The molecule has 0 spiro atoms. The number of nitrogens with one attached hydrogen (secondary N) is 1. The Balaban J connectivity index is 2.04. The van der Waals surface area contributed by atoms with Crippen LogP contribution in [0.2, 0.25) is 5.02 Å². The molecule has 21 heavy (non-hydrogen) atoms. The van der Waals surface area contributed by atoms with Gasteiger partial charge in [-0.05, 0) is 51.6 Å². The van der Waals surface area contributed by atoms with Gasteiger partial charge in [-0.2, -0.15) is 0 Å². The molecule has 0 atom stereocenters. The molecule has 0 bridgehead atoms. The van der Waals surface area contributed by atoms with Crippen molar-refractivity contribution in [2.75, 3.05) is 6.54 Å². The third kappa shape index (κ3) is 3.19. The smallest absolute Gasteiger partial charge is 0.0580 e. The molecule has 0 saturated heterocycles. The predicted molar refractivity (Wildman–Crippen MR) is 95.4 cm³/mol. The van der Waals surface area contributed by atoms with E-state index in [-0.39, 0.29) is 0 Å². The molecule has 0 unspecified atom stereocenters. The van der Waals surface area contributed by atoms with E-state index in [2.05, 4.69) is 56.4 Å². The highest BCUT2D eigenvalue weighted by Gasteiger charge is 2.11. The van der Waals surface area contributed by atoms with Gasteiger partial charge >= 0.3 is 0 Å². The number of benzene rings is 1. The van der Waals surface area contributed by atoms with Gasteiger partial charge in [-0.25, -0.2) is 0 Å². The molecule has 1 N–H and O–H groups in total. The van der Waals surface area contributed by atoms with Crippen LogP contribution in [0.15, 0.2) is 40.3 Å². The van der Waals surface area contributed by atoms with E-state index in [4.69, 9.17) is 11.6 Å². The molecule has 0 saturated carbocycles. The van der Waals surface area contributed by atoms with Crippen LogP contribution >= 0.6 is 38.9 Å². The van der Waals surface area contributed by atoms with E-state index in [0.29, 0.717) is 0 Å². The number of nitrogens with zero attached hydrogens (tertiary/aromatic N) is 1. The molecule has 0 amide bonds. The second-order valence-electron chi connectivity index (χ2n) is 4.92. The third-order valence-corrected chi connectivity index (χ3v) is 5.64. The van der Waals surface area contributed by atoms with Gasteiger partial charge in [0.2, 0.25) is 0 Å². The molecule has 0 radical (unpaired) electrons. The second-order valence-corrected chi connectivity index (χ2v) is 7.21.